The number of carbonyl (C=O) groups is 2. The minimum absolute atomic E-state index is 0.0780. The third-order valence-corrected chi connectivity index (χ3v) is 5.60. The van der Waals surface area contributed by atoms with E-state index in [0.29, 0.717) is 17.5 Å². The fraction of sp³-hybridized carbons (Fsp3) is 0.652. The first-order chi connectivity index (χ1) is 14.5. The van der Waals surface area contributed by atoms with Crippen molar-refractivity contribution in [2.45, 2.75) is 91.1 Å². The molecule has 1 saturated carbocycles. The van der Waals surface area contributed by atoms with Gasteiger partial charge in [0.05, 0.1) is 17.7 Å². The molecule has 0 saturated heterocycles. The Morgan fingerprint density at radius 3 is 2.42 bits per heavy atom. The quantitative estimate of drug-likeness (QED) is 0.725. The monoisotopic (exact) mass is 429 g/mol. The summed E-state index contributed by atoms with van der Waals surface area (Å²) in [6.45, 7) is 12.1. The molecule has 1 aliphatic carbocycles. The number of nitrogens with one attached hydrogen (secondary N) is 2. The van der Waals surface area contributed by atoms with E-state index in [1.54, 1.807) is 6.07 Å². The Kier molecular flexibility index (Phi) is 6.86. The molecule has 0 atom stereocenters. The first-order valence-corrected chi connectivity index (χ1v) is 11.2. The molecule has 0 bridgehead atoms. The van der Waals surface area contributed by atoms with E-state index in [1.807, 2.05) is 31.5 Å². The van der Waals surface area contributed by atoms with Crippen LogP contribution in [0.25, 0.3) is 0 Å². The van der Waals surface area contributed by atoms with Gasteiger partial charge in [0.25, 0.3) is 0 Å². The lowest BCUT2D eigenvalue weighted by Gasteiger charge is -2.31. The standard InChI is InChI=1S/C23H35N5O3/c1-14(2)24-22(30)17-9-7-16(8-10-17)19-13-20(26-28(19)23(4,5)6)25-21(29)12-18-11-15(3)27-31-18/h11,13-14,16-17H,7-10,12H2,1-6H3,(H,24,30)(H,25,26,29). The van der Waals surface area contributed by atoms with Crippen LogP contribution < -0.4 is 10.6 Å². The van der Waals surface area contributed by atoms with Gasteiger partial charge in [0.15, 0.2) is 5.82 Å². The van der Waals surface area contributed by atoms with Crippen molar-refractivity contribution in [3.8, 4) is 0 Å². The molecule has 31 heavy (non-hydrogen) atoms. The molecule has 2 amide bonds. The number of carbonyl (C=O) groups excluding carboxylic acids is 2. The van der Waals surface area contributed by atoms with Gasteiger partial charge < -0.3 is 15.2 Å². The Balaban J connectivity index is 1.69. The van der Waals surface area contributed by atoms with E-state index in [2.05, 4.69) is 36.6 Å². The molecule has 1 fully saturated rings. The molecule has 170 valence electrons. The van der Waals surface area contributed by atoms with Gasteiger partial charge in [-0.1, -0.05) is 5.16 Å². The molecule has 2 heterocycles. The molecule has 0 spiro atoms. The summed E-state index contributed by atoms with van der Waals surface area (Å²) >= 11 is 0. The van der Waals surface area contributed by atoms with Crippen LogP contribution >= 0.6 is 0 Å². The Morgan fingerprint density at radius 2 is 1.87 bits per heavy atom. The molecule has 8 heteroatoms. The molecule has 2 aromatic heterocycles. The SMILES string of the molecule is Cc1cc(CC(=O)Nc2cc(C3CCC(C(=O)NC(C)C)CC3)n(C(C)(C)C)n2)on1. The normalized spacial score (nSPS) is 19.5. The Morgan fingerprint density at radius 1 is 1.19 bits per heavy atom. The van der Waals surface area contributed by atoms with Crippen molar-refractivity contribution >= 4 is 17.6 Å². The van der Waals surface area contributed by atoms with Crippen LogP contribution in [0, 0.1) is 12.8 Å². The number of amides is 2. The third-order valence-electron chi connectivity index (χ3n) is 5.60. The van der Waals surface area contributed by atoms with Gasteiger partial charge in [0.1, 0.15) is 5.76 Å². The van der Waals surface area contributed by atoms with Gasteiger partial charge in [-0.15, -0.1) is 0 Å². The molecule has 3 rings (SSSR count). The number of hydrogen-bond acceptors (Lipinski definition) is 5. The third kappa shape index (κ3) is 5.95. The summed E-state index contributed by atoms with van der Waals surface area (Å²) in [4.78, 5) is 24.8. The summed E-state index contributed by atoms with van der Waals surface area (Å²) in [6.07, 6.45) is 3.72. The Hall–Kier alpha value is -2.64. The lowest BCUT2D eigenvalue weighted by atomic mass is 9.79. The van der Waals surface area contributed by atoms with Crippen molar-refractivity contribution in [1.29, 1.82) is 0 Å². The zero-order valence-corrected chi connectivity index (χ0v) is 19.5. The number of hydrogen-bond donors (Lipinski definition) is 2. The van der Waals surface area contributed by atoms with Crippen molar-refractivity contribution in [2.24, 2.45) is 5.92 Å². The summed E-state index contributed by atoms with van der Waals surface area (Å²) in [5.74, 6) is 1.45. The highest BCUT2D eigenvalue weighted by Gasteiger charge is 2.31. The van der Waals surface area contributed by atoms with E-state index in [0.717, 1.165) is 37.1 Å². The zero-order valence-electron chi connectivity index (χ0n) is 19.5. The second kappa shape index (κ2) is 9.24. The van der Waals surface area contributed by atoms with E-state index in [4.69, 9.17) is 9.62 Å². The van der Waals surface area contributed by atoms with Crippen LogP contribution in [-0.2, 0) is 21.5 Å². The molecule has 2 N–H and O–H groups in total. The van der Waals surface area contributed by atoms with Gasteiger partial charge in [0.2, 0.25) is 11.8 Å². The molecule has 1 aliphatic rings. The Labute approximate surface area is 184 Å². The van der Waals surface area contributed by atoms with Gasteiger partial charge in [-0.3, -0.25) is 14.3 Å². The largest absolute Gasteiger partial charge is 0.361 e. The predicted molar refractivity (Wildman–Crippen MR) is 119 cm³/mol. The molecule has 2 aromatic rings. The molecular weight excluding hydrogens is 394 g/mol. The van der Waals surface area contributed by atoms with Crippen molar-refractivity contribution in [3.63, 3.8) is 0 Å². The van der Waals surface area contributed by atoms with Gasteiger partial charge in [0, 0.05) is 35.7 Å². The highest BCUT2D eigenvalue weighted by molar-refractivity contribution is 5.91. The molecule has 0 unspecified atom stereocenters. The van der Waals surface area contributed by atoms with Gasteiger partial charge >= 0.3 is 0 Å². The fourth-order valence-corrected chi connectivity index (χ4v) is 4.18. The summed E-state index contributed by atoms with van der Waals surface area (Å²) in [7, 11) is 0. The van der Waals surface area contributed by atoms with Crippen LogP contribution in [0.5, 0.6) is 0 Å². The zero-order chi connectivity index (χ0) is 22.8. The van der Waals surface area contributed by atoms with Gasteiger partial charge in [-0.05, 0) is 67.2 Å². The topological polar surface area (TPSA) is 102 Å². The second-order valence-electron chi connectivity index (χ2n) is 9.91. The maximum absolute atomic E-state index is 12.5. The van der Waals surface area contributed by atoms with E-state index in [-0.39, 0.29) is 35.7 Å². The number of aromatic nitrogens is 3. The van der Waals surface area contributed by atoms with Crippen LogP contribution in [0.4, 0.5) is 5.82 Å². The molecule has 8 nitrogen and oxygen atoms in total. The van der Waals surface area contributed by atoms with E-state index in [1.165, 1.54) is 0 Å². The average molecular weight is 430 g/mol. The summed E-state index contributed by atoms with van der Waals surface area (Å²) < 4.78 is 7.15. The van der Waals surface area contributed by atoms with Gasteiger partial charge in [-0.2, -0.15) is 5.10 Å². The maximum atomic E-state index is 12.5. The van der Waals surface area contributed by atoms with E-state index in [9.17, 15) is 9.59 Å². The smallest absolute Gasteiger partial charge is 0.233 e. The number of rotatable bonds is 6. The highest BCUT2D eigenvalue weighted by Crippen LogP contribution is 2.38. The van der Waals surface area contributed by atoms with Crippen LogP contribution in [0.15, 0.2) is 16.7 Å². The highest BCUT2D eigenvalue weighted by atomic mass is 16.5. The van der Waals surface area contributed by atoms with E-state index < -0.39 is 0 Å². The van der Waals surface area contributed by atoms with Crippen LogP contribution in [0.2, 0.25) is 0 Å². The lowest BCUT2D eigenvalue weighted by molar-refractivity contribution is -0.126. The van der Waals surface area contributed by atoms with Crippen molar-refractivity contribution < 1.29 is 14.1 Å². The van der Waals surface area contributed by atoms with Crippen LogP contribution in [0.3, 0.4) is 0 Å². The van der Waals surface area contributed by atoms with Crippen molar-refractivity contribution in [2.75, 3.05) is 5.32 Å². The molecule has 0 radical (unpaired) electrons. The molecule has 0 aliphatic heterocycles. The Bertz CT molecular complexity index is 914. The first kappa shape index (κ1) is 23.0. The van der Waals surface area contributed by atoms with E-state index >= 15 is 0 Å². The molecular formula is C23H35N5O3. The summed E-state index contributed by atoms with van der Waals surface area (Å²) in [5.41, 5.74) is 1.65. The van der Waals surface area contributed by atoms with Crippen LogP contribution in [-0.4, -0.2) is 32.8 Å². The number of aryl methyl sites for hydroxylation is 1. The summed E-state index contributed by atoms with van der Waals surface area (Å²) in [6, 6.07) is 3.90. The minimum Gasteiger partial charge on any atom is -0.361 e. The fourth-order valence-electron chi connectivity index (χ4n) is 4.18. The average Bonchev–Trinajstić information content (AvgIpc) is 3.27. The molecule has 0 aromatic carbocycles. The maximum Gasteiger partial charge on any atom is 0.233 e. The van der Waals surface area contributed by atoms with Crippen molar-refractivity contribution in [1.82, 2.24) is 20.3 Å². The summed E-state index contributed by atoms with van der Waals surface area (Å²) in [5, 5.41) is 14.4. The first-order valence-electron chi connectivity index (χ1n) is 11.2. The lowest BCUT2D eigenvalue weighted by Crippen LogP contribution is -2.37. The second-order valence-corrected chi connectivity index (χ2v) is 9.91. The van der Waals surface area contributed by atoms with Gasteiger partial charge in [-0.25, -0.2) is 0 Å². The number of nitrogens with zero attached hydrogens (tertiary/aromatic N) is 3. The predicted octanol–water partition coefficient (Wildman–Crippen LogP) is 3.91. The number of anilines is 1. The van der Waals surface area contributed by atoms with Crippen LogP contribution in [0.1, 0.15) is 83.4 Å². The van der Waals surface area contributed by atoms with Crippen molar-refractivity contribution in [3.05, 3.63) is 29.3 Å². The minimum atomic E-state index is -0.216.